The van der Waals surface area contributed by atoms with Crippen molar-refractivity contribution in [2.45, 2.75) is 44.1 Å². The molecule has 25 heavy (non-hydrogen) atoms. The Bertz CT molecular complexity index is 667. The Kier molecular flexibility index (Phi) is 5.06. The summed E-state index contributed by atoms with van der Waals surface area (Å²) in [6.45, 7) is 0.182. The summed E-state index contributed by atoms with van der Waals surface area (Å²) < 4.78 is 0. The number of amides is 2. The number of aliphatic imine (C=N–C) groups is 1. The third kappa shape index (κ3) is 3.67. The minimum absolute atomic E-state index is 0.121. The van der Waals surface area contributed by atoms with Gasteiger partial charge in [0.1, 0.15) is 0 Å². The normalized spacial score (nSPS) is 24.3. The van der Waals surface area contributed by atoms with Crippen LogP contribution in [0.2, 0.25) is 0 Å². The first-order chi connectivity index (χ1) is 12.0. The van der Waals surface area contributed by atoms with Crippen LogP contribution < -0.4 is 11.1 Å². The summed E-state index contributed by atoms with van der Waals surface area (Å²) in [5.41, 5.74) is 5.52. The first-order valence-electron chi connectivity index (χ1n) is 8.98. The monoisotopic (exact) mass is 342 g/mol. The largest absolute Gasteiger partial charge is 0.369 e. The van der Waals surface area contributed by atoms with Crippen LogP contribution in [0.4, 0.5) is 0 Å². The highest BCUT2D eigenvalue weighted by Gasteiger charge is 2.47. The summed E-state index contributed by atoms with van der Waals surface area (Å²) in [6, 6.07) is 9.00. The van der Waals surface area contributed by atoms with Gasteiger partial charge in [0.2, 0.25) is 0 Å². The van der Waals surface area contributed by atoms with Crippen LogP contribution in [0.5, 0.6) is 0 Å². The third-order valence-electron chi connectivity index (χ3n) is 5.30. The number of carbonyl (C=O) groups excluding carboxylic acids is 2. The maximum absolute atomic E-state index is 12.8. The molecular formula is C19H26N4O2. The van der Waals surface area contributed by atoms with E-state index < -0.39 is 5.54 Å². The van der Waals surface area contributed by atoms with Gasteiger partial charge in [0.05, 0.1) is 6.54 Å². The van der Waals surface area contributed by atoms with E-state index in [2.05, 4.69) is 10.3 Å². The van der Waals surface area contributed by atoms with Gasteiger partial charge in [-0.1, -0.05) is 50.3 Å². The number of nitrogens with two attached hydrogens (primary N) is 1. The fourth-order valence-electron chi connectivity index (χ4n) is 3.87. The summed E-state index contributed by atoms with van der Waals surface area (Å²) in [6.07, 6.45) is 6.52. The highest BCUT2D eigenvalue weighted by atomic mass is 16.2. The fourth-order valence-corrected chi connectivity index (χ4v) is 3.87. The zero-order valence-electron chi connectivity index (χ0n) is 14.7. The number of carbonyl (C=O) groups is 2. The van der Waals surface area contributed by atoms with Crippen molar-refractivity contribution in [3.8, 4) is 0 Å². The maximum atomic E-state index is 12.8. The van der Waals surface area contributed by atoms with Crippen LogP contribution in [-0.4, -0.2) is 41.8 Å². The first kappa shape index (κ1) is 17.5. The molecule has 0 bridgehead atoms. The van der Waals surface area contributed by atoms with Crippen LogP contribution in [0.3, 0.4) is 0 Å². The van der Waals surface area contributed by atoms with E-state index in [9.17, 15) is 9.59 Å². The highest BCUT2D eigenvalue weighted by molar-refractivity contribution is 6.07. The molecule has 1 fully saturated rings. The van der Waals surface area contributed by atoms with E-state index in [1.165, 1.54) is 24.2 Å². The van der Waals surface area contributed by atoms with Crippen LogP contribution in [0.25, 0.3) is 0 Å². The second-order valence-corrected chi connectivity index (χ2v) is 7.12. The van der Waals surface area contributed by atoms with Gasteiger partial charge in [-0.25, -0.2) is 4.99 Å². The number of nitrogens with zero attached hydrogens (tertiary/aromatic N) is 2. The average molecular weight is 342 g/mol. The average Bonchev–Trinajstić information content (AvgIpc) is 2.85. The molecule has 1 atom stereocenters. The molecule has 3 rings (SSSR count). The smallest absolute Gasteiger partial charge is 0.258 e. The molecule has 1 aliphatic heterocycles. The fraction of sp³-hybridized carbons (Fsp3) is 0.526. The molecule has 0 spiro atoms. The van der Waals surface area contributed by atoms with E-state index in [4.69, 9.17) is 5.73 Å². The summed E-state index contributed by atoms with van der Waals surface area (Å²) >= 11 is 0. The van der Waals surface area contributed by atoms with Gasteiger partial charge in [0, 0.05) is 12.6 Å². The van der Waals surface area contributed by atoms with Crippen LogP contribution in [0, 0.1) is 5.92 Å². The first-order valence-corrected chi connectivity index (χ1v) is 8.98. The maximum Gasteiger partial charge on any atom is 0.258 e. The van der Waals surface area contributed by atoms with Crippen molar-refractivity contribution in [3.05, 3.63) is 35.9 Å². The lowest BCUT2D eigenvalue weighted by atomic mass is 9.79. The predicted octanol–water partition coefficient (Wildman–Crippen LogP) is 1.91. The van der Waals surface area contributed by atoms with Crippen molar-refractivity contribution in [1.29, 1.82) is 0 Å². The zero-order chi connectivity index (χ0) is 17.9. The lowest BCUT2D eigenvalue weighted by Crippen LogP contribution is -2.50. The zero-order valence-corrected chi connectivity index (χ0v) is 14.7. The van der Waals surface area contributed by atoms with Crippen molar-refractivity contribution in [3.63, 3.8) is 0 Å². The molecule has 6 nitrogen and oxygen atoms in total. The third-order valence-corrected chi connectivity index (χ3v) is 5.30. The summed E-state index contributed by atoms with van der Waals surface area (Å²) in [7, 11) is 1.64. The molecule has 6 heteroatoms. The molecule has 1 heterocycles. The van der Waals surface area contributed by atoms with Gasteiger partial charge < -0.3 is 11.1 Å². The second-order valence-electron chi connectivity index (χ2n) is 7.12. The summed E-state index contributed by atoms with van der Waals surface area (Å²) in [4.78, 5) is 31.1. The number of hydrogen-bond donors (Lipinski definition) is 2. The molecular weight excluding hydrogens is 316 g/mol. The van der Waals surface area contributed by atoms with E-state index in [1.807, 2.05) is 18.2 Å². The van der Waals surface area contributed by atoms with E-state index in [1.54, 1.807) is 19.2 Å². The predicted molar refractivity (Wildman–Crippen MR) is 97.1 cm³/mol. The van der Waals surface area contributed by atoms with Crippen molar-refractivity contribution in [2.24, 2.45) is 16.6 Å². The van der Waals surface area contributed by atoms with Crippen LogP contribution in [0.1, 0.15) is 48.9 Å². The number of benzene rings is 1. The van der Waals surface area contributed by atoms with E-state index >= 15 is 0 Å². The minimum Gasteiger partial charge on any atom is -0.369 e. The molecule has 1 aliphatic carbocycles. The molecule has 2 amide bonds. The molecule has 2 aliphatic rings. The summed E-state index contributed by atoms with van der Waals surface area (Å²) in [5, 5.41) is 2.89. The van der Waals surface area contributed by atoms with E-state index in [0.717, 1.165) is 12.8 Å². The van der Waals surface area contributed by atoms with Gasteiger partial charge >= 0.3 is 0 Å². The number of rotatable bonds is 5. The van der Waals surface area contributed by atoms with Crippen molar-refractivity contribution < 1.29 is 9.59 Å². The van der Waals surface area contributed by atoms with Gasteiger partial charge in [-0.15, -0.1) is 0 Å². The van der Waals surface area contributed by atoms with E-state index in [-0.39, 0.29) is 24.3 Å². The van der Waals surface area contributed by atoms with Crippen molar-refractivity contribution >= 4 is 17.8 Å². The SMILES string of the molecule is CN1C(=O)C(CNC(=O)c2ccccc2)(CC2CCCCC2)N=C1N. The minimum atomic E-state index is -0.967. The summed E-state index contributed by atoms with van der Waals surface area (Å²) in [5.74, 6) is 0.368. The number of guanidine groups is 1. The van der Waals surface area contributed by atoms with Gasteiger partial charge in [0.15, 0.2) is 11.5 Å². The topological polar surface area (TPSA) is 87.8 Å². The lowest BCUT2D eigenvalue weighted by Gasteiger charge is -2.31. The van der Waals surface area contributed by atoms with E-state index in [0.29, 0.717) is 17.9 Å². The number of nitrogens with one attached hydrogen (secondary N) is 1. The molecule has 0 saturated heterocycles. The molecule has 1 aromatic rings. The van der Waals surface area contributed by atoms with Crippen molar-refractivity contribution in [2.75, 3.05) is 13.6 Å². The quantitative estimate of drug-likeness (QED) is 0.857. The molecule has 0 radical (unpaired) electrons. The standard InChI is InChI=1S/C19H26N4O2/c1-23-17(25)19(22-18(23)20,12-14-8-4-2-5-9-14)13-21-16(24)15-10-6-3-7-11-15/h3,6-7,10-11,14H,2,4-5,8-9,12-13H2,1H3,(H2,20,22)(H,21,24). The van der Waals surface area contributed by atoms with Crippen LogP contribution in [0.15, 0.2) is 35.3 Å². The molecule has 1 unspecified atom stereocenters. The molecule has 3 N–H and O–H groups in total. The van der Waals surface area contributed by atoms with Gasteiger partial charge in [-0.2, -0.15) is 0 Å². The van der Waals surface area contributed by atoms with Crippen LogP contribution >= 0.6 is 0 Å². The lowest BCUT2D eigenvalue weighted by molar-refractivity contribution is -0.130. The molecule has 134 valence electrons. The van der Waals surface area contributed by atoms with Crippen molar-refractivity contribution in [1.82, 2.24) is 10.2 Å². The Hall–Kier alpha value is -2.37. The van der Waals surface area contributed by atoms with Crippen LogP contribution in [-0.2, 0) is 4.79 Å². The number of likely N-dealkylation sites (N-methyl/N-ethyl adjacent to an activating group) is 1. The highest BCUT2D eigenvalue weighted by Crippen LogP contribution is 2.35. The molecule has 0 aromatic heterocycles. The Morgan fingerprint density at radius 1 is 1.28 bits per heavy atom. The Morgan fingerprint density at radius 2 is 1.96 bits per heavy atom. The Morgan fingerprint density at radius 3 is 2.56 bits per heavy atom. The molecule has 1 saturated carbocycles. The second kappa shape index (κ2) is 7.25. The molecule has 1 aromatic carbocycles. The Labute approximate surface area is 148 Å². The van der Waals surface area contributed by atoms with Gasteiger partial charge in [0.25, 0.3) is 11.8 Å². The number of hydrogen-bond acceptors (Lipinski definition) is 4. The van der Waals surface area contributed by atoms with Gasteiger partial charge in [-0.3, -0.25) is 14.5 Å². The Balaban J connectivity index is 1.75. The van der Waals surface area contributed by atoms with Gasteiger partial charge in [-0.05, 0) is 24.5 Å².